The summed E-state index contributed by atoms with van der Waals surface area (Å²) in [5.74, 6) is -2.31. The van der Waals surface area contributed by atoms with Crippen molar-refractivity contribution in [3.05, 3.63) is 35.3 Å². The van der Waals surface area contributed by atoms with Gasteiger partial charge in [-0.1, -0.05) is 11.3 Å². The summed E-state index contributed by atoms with van der Waals surface area (Å²) in [7, 11) is 0. The number of hydrogen-bond donors (Lipinski definition) is 1. The summed E-state index contributed by atoms with van der Waals surface area (Å²) in [6, 6.07) is 2.87. The van der Waals surface area contributed by atoms with Crippen LogP contribution in [0.3, 0.4) is 0 Å². The summed E-state index contributed by atoms with van der Waals surface area (Å²) in [5, 5.41) is 10.0. The molecule has 0 unspecified atom stereocenters. The minimum Gasteiger partial charge on any atom is -0.475 e. The summed E-state index contributed by atoms with van der Waals surface area (Å²) in [6.07, 6.45) is 0. The van der Waals surface area contributed by atoms with Gasteiger partial charge in [-0.25, -0.2) is 8.78 Å². The van der Waals surface area contributed by atoms with Gasteiger partial charge >= 0.3 is 0 Å². The van der Waals surface area contributed by atoms with E-state index in [1.807, 2.05) is 0 Å². The van der Waals surface area contributed by atoms with Crippen LogP contribution in [-0.4, -0.2) is 21.7 Å². The molecule has 1 N–H and O–H groups in total. The number of benzene rings is 1. The van der Waals surface area contributed by atoms with Gasteiger partial charge in [0.2, 0.25) is 5.13 Å². The largest absolute Gasteiger partial charge is 0.475 e. The first-order valence-corrected chi connectivity index (χ1v) is 6.48. The number of aromatic nitrogens is 2. The van der Waals surface area contributed by atoms with Crippen molar-refractivity contribution < 1.29 is 19.7 Å². The van der Waals surface area contributed by atoms with Crippen LogP contribution in [0.25, 0.3) is 0 Å². The SMILES string of the molecule is CC(C)(Oc1ccc(F)cc1F)C(=O)Nc1nncs1.[HH]. The van der Waals surface area contributed by atoms with E-state index in [4.69, 9.17) is 4.74 Å². The van der Waals surface area contributed by atoms with Gasteiger partial charge < -0.3 is 4.74 Å². The van der Waals surface area contributed by atoms with Gasteiger partial charge in [0, 0.05) is 7.49 Å². The molecular formula is C12H13F2N3O2S. The molecule has 1 aromatic heterocycles. The first-order chi connectivity index (χ1) is 9.38. The van der Waals surface area contributed by atoms with Crippen molar-refractivity contribution in [1.82, 2.24) is 10.2 Å². The van der Waals surface area contributed by atoms with Crippen molar-refractivity contribution in [3.63, 3.8) is 0 Å². The Labute approximate surface area is 119 Å². The molecule has 2 rings (SSSR count). The van der Waals surface area contributed by atoms with Crippen molar-refractivity contribution in [3.8, 4) is 5.75 Å². The molecule has 0 fully saturated rings. The third kappa shape index (κ3) is 3.27. The van der Waals surface area contributed by atoms with E-state index in [-0.39, 0.29) is 7.18 Å². The molecular weight excluding hydrogens is 288 g/mol. The number of halogens is 2. The van der Waals surface area contributed by atoms with Crippen LogP contribution in [0.5, 0.6) is 5.75 Å². The number of hydrogen-bond acceptors (Lipinski definition) is 5. The van der Waals surface area contributed by atoms with Crippen molar-refractivity contribution >= 4 is 22.4 Å². The Bertz CT molecular complexity index is 623. The van der Waals surface area contributed by atoms with E-state index in [0.29, 0.717) is 11.2 Å². The van der Waals surface area contributed by atoms with Crippen LogP contribution in [0.4, 0.5) is 13.9 Å². The molecule has 0 bridgehead atoms. The van der Waals surface area contributed by atoms with E-state index in [2.05, 4.69) is 15.5 Å². The molecule has 0 saturated carbocycles. The third-order valence-electron chi connectivity index (χ3n) is 2.39. The van der Waals surface area contributed by atoms with Crippen LogP contribution in [-0.2, 0) is 4.79 Å². The highest BCUT2D eigenvalue weighted by Gasteiger charge is 2.31. The summed E-state index contributed by atoms with van der Waals surface area (Å²) in [6.45, 7) is 2.93. The topological polar surface area (TPSA) is 64.1 Å². The average Bonchev–Trinajstić information content (AvgIpc) is 2.85. The summed E-state index contributed by atoms with van der Waals surface area (Å²) in [4.78, 5) is 12.0. The quantitative estimate of drug-likeness (QED) is 0.943. The minimum absolute atomic E-state index is 0. The fourth-order valence-corrected chi connectivity index (χ4v) is 1.79. The normalized spacial score (nSPS) is 11.2. The Morgan fingerprint density at radius 3 is 2.80 bits per heavy atom. The van der Waals surface area contributed by atoms with E-state index in [1.54, 1.807) is 0 Å². The fraction of sp³-hybridized carbons (Fsp3) is 0.250. The number of nitrogens with zero attached hydrogens (tertiary/aromatic N) is 2. The van der Waals surface area contributed by atoms with Crippen molar-refractivity contribution in [2.45, 2.75) is 19.4 Å². The lowest BCUT2D eigenvalue weighted by Crippen LogP contribution is -2.42. The molecule has 8 heteroatoms. The molecule has 2 aromatic rings. The number of amides is 1. The first-order valence-electron chi connectivity index (χ1n) is 5.60. The highest BCUT2D eigenvalue weighted by Crippen LogP contribution is 2.24. The second-order valence-corrected chi connectivity index (χ2v) is 5.22. The summed E-state index contributed by atoms with van der Waals surface area (Å²) >= 11 is 1.15. The Kier molecular flexibility index (Phi) is 3.93. The van der Waals surface area contributed by atoms with Crippen LogP contribution >= 0.6 is 11.3 Å². The Balaban J connectivity index is 0.00000220. The van der Waals surface area contributed by atoms with E-state index in [1.165, 1.54) is 19.4 Å². The molecule has 0 aliphatic rings. The van der Waals surface area contributed by atoms with E-state index < -0.39 is 23.1 Å². The number of ether oxygens (including phenoxy) is 1. The molecule has 5 nitrogen and oxygen atoms in total. The molecule has 0 aliphatic carbocycles. The highest BCUT2D eigenvalue weighted by atomic mass is 32.1. The smallest absolute Gasteiger partial charge is 0.269 e. The number of anilines is 1. The molecule has 0 saturated heterocycles. The van der Waals surface area contributed by atoms with Crippen LogP contribution in [0.2, 0.25) is 0 Å². The van der Waals surface area contributed by atoms with Gasteiger partial charge in [-0.05, 0) is 26.0 Å². The molecule has 0 aliphatic heterocycles. The molecule has 1 aromatic carbocycles. The first kappa shape index (κ1) is 14.3. The zero-order valence-corrected chi connectivity index (χ0v) is 11.5. The maximum atomic E-state index is 13.5. The number of carbonyl (C=O) groups is 1. The van der Waals surface area contributed by atoms with E-state index in [9.17, 15) is 13.6 Å². The Morgan fingerprint density at radius 1 is 1.45 bits per heavy atom. The Hall–Kier alpha value is -2.09. The lowest BCUT2D eigenvalue weighted by molar-refractivity contribution is -0.128. The maximum absolute atomic E-state index is 13.5. The maximum Gasteiger partial charge on any atom is 0.269 e. The van der Waals surface area contributed by atoms with Crippen LogP contribution in [0.1, 0.15) is 15.3 Å². The second kappa shape index (κ2) is 5.49. The number of rotatable bonds is 4. The van der Waals surface area contributed by atoms with Crippen LogP contribution in [0.15, 0.2) is 23.7 Å². The third-order valence-corrected chi connectivity index (χ3v) is 2.99. The number of nitrogens with one attached hydrogen (secondary N) is 1. The van der Waals surface area contributed by atoms with Crippen LogP contribution < -0.4 is 10.1 Å². The lowest BCUT2D eigenvalue weighted by atomic mass is 10.1. The van der Waals surface area contributed by atoms with Gasteiger partial charge in [-0.3, -0.25) is 10.1 Å². The molecule has 0 atom stereocenters. The van der Waals surface area contributed by atoms with Crippen molar-refractivity contribution in [2.24, 2.45) is 0 Å². The fourth-order valence-electron chi connectivity index (χ4n) is 1.35. The van der Waals surface area contributed by atoms with Gasteiger partial charge in [0.25, 0.3) is 5.91 Å². The monoisotopic (exact) mass is 301 g/mol. The van der Waals surface area contributed by atoms with Gasteiger partial charge in [-0.15, -0.1) is 10.2 Å². The molecule has 108 valence electrons. The van der Waals surface area contributed by atoms with Crippen LogP contribution in [0, 0.1) is 11.6 Å². The lowest BCUT2D eigenvalue weighted by Gasteiger charge is -2.24. The van der Waals surface area contributed by atoms with Gasteiger partial charge in [0.05, 0.1) is 0 Å². The van der Waals surface area contributed by atoms with E-state index in [0.717, 1.165) is 23.5 Å². The van der Waals surface area contributed by atoms with Gasteiger partial charge in [-0.2, -0.15) is 0 Å². The minimum atomic E-state index is -1.36. The molecule has 0 spiro atoms. The standard InChI is InChI=1S/C12H11F2N3O2S.H2/c1-12(2,10(18)16-11-17-15-6-20-11)19-9-4-3-7(13)5-8(9)14;/h3-6H,1-2H3,(H,16,17,18);1H. The van der Waals surface area contributed by atoms with Gasteiger partial charge in [0.1, 0.15) is 11.3 Å². The van der Waals surface area contributed by atoms with Crippen molar-refractivity contribution in [2.75, 3.05) is 5.32 Å². The summed E-state index contributed by atoms with van der Waals surface area (Å²) < 4.78 is 31.6. The van der Waals surface area contributed by atoms with Crippen molar-refractivity contribution in [1.29, 1.82) is 0 Å². The zero-order valence-electron chi connectivity index (χ0n) is 10.7. The van der Waals surface area contributed by atoms with E-state index >= 15 is 0 Å². The molecule has 0 radical (unpaired) electrons. The molecule has 20 heavy (non-hydrogen) atoms. The molecule has 1 heterocycles. The number of carbonyl (C=O) groups excluding carboxylic acids is 1. The predicted octanol–water partition coefficient (Wildman–Crippen LogP) is 2.86. The highest BCUT2D eigenvalue weighted by molar-refractivity contribution is 7.13. The van der Waals surface area contributed by atoms with Gasteiger partial charge in [0.15, 0.2) is 17.2 Å². The molecule has 1 amide bonds. The second-order valence-electron chi connectivity index (χ2n) is 4.39. The Morgan fingerprint density at radius 2 is 2.20 bits per heavy atom. The predicted molar refractivity (Wildman–Crippen MR) is 71.7 cm³/mol. The zero-order chi connectivity index (χ0) is 14.8. The average molecular weight is 301 g/mol. The summed E-state index contributed by atoms with van der Waals surface area (Å²) in [5.41, 5.74) is 0.105.